The number of thiophene rings is 1. The molecule has 1 unspecified atom stereocenters. The second-order valence-corrected chi connectivity index (χ2v) is 7.47. The minimum Gasteiger partial charge on any atom is -0.440 e. The highest BCUT2D eigenvalue weighted by atomic mass is 32.1. The largest absolute Gasteiger partial charge is 0.440 e. The van der Waals surface area contributed by atoms with E-state index in [0.29, 0.717) is 6.04 Å². The SMILES string of the molecule is Cc1oc(-c2cccs2)nc1CN(C)C1CCCc2ccccc21. The number of hydrogen-bond acceptors (Lipinski definition) is 4. The fourth-order valence-corrected chi connectivity index (χ4v) is 4.26. The molecule has 2 aromatic heterocycles. The van der Waals surface area contributed by atoms with Crippen LogP contribution in [-0.2, 0) is 13.0 Å². The first-order valence-electron chi connectivity index (χ1n) is 8.50. The number of nitrogens with zero attached hydrogens (tertiary/aromatic N) is 2. The molecule has 0 spiro atoms. The van der Waals surface area contributed by atoms with Crippen molar-refractivity contribution in [2.75, 3.05) is 7.05 Å². The van der Waals surface area contributed by atoms with E-state index in [1.54, 1.807) is 11.3 Å². The van der Waals surface area contributed by atoms with E-state index in [0.717, 1.165) is 28.8 Å². The fourth-order valence-electron chi connectivity index (χ4n) is 3.61. The Labute approximate surface area is 147 Å². The topological polar surface area (TPSA) is 29.3 Å². The van der Waals surface area contributed by atoms with Gasteiger partial charge in [0.25, 0.3) is 0 Å². The van der Waals surface area contributed by atoms with Crippen LogP contribution in [0, 0.1) is 6.92 Å². The van der Waals surface area contributed by atoms with Gasteiger partial charge in [0.05, 0.1) is 10.6 Å². The molecule has 124 valence electrons. The summed E-state index contributed by atoms with van der Waals surface area (Å²) < 4.78 is 5.89. The molecular weight excluding hydrogens is 316 g/mol. The van der Waals surface area contributed by atoms with Gasteiger partial charge in [-0.3, -0.25) is 4.90 Å². The van der Waals surface area contributed by atoms with E-state index >= 15 is 0 Å². The van der Waals surface area contributed by atoms with Crippen molar-refractivity contribution in [3.63, 3.8) is 0 Å². The van der Waals surface area contributed by atoms with Gasteiger partial charge < -0.3 is 4.42 Å². The molecule has 0 aliphatic heterocycles. The maximum absolute atomic E-state index is 5.89. The van der Waals surface area contributed by atoms with Crippen LogP contribution in [0.15, 0.2) is 46.2 Å². The molecule has 0 saturated carbocycles. The summed E-state index contributed by atoms with van der Waals surface area (Å²) in [6.07, 6.45) is 3.67. The Hall–Kier alpha value is -1.91. The van der Waals surface area contributed by atoms with Gasteiger partial charge in [-0.15, -0.1) is 11.3 Å². The number of fused-ring (bicyclic) bond motifs is 1. The average Bonchev–Trinajstić information content (AvgIpc) is 3.25. The molecule has 1 aromatic carbocycles. The van der Waals surface area contributed by atoms with Crippen molar-refractivity contribution >= 4 is 11.3 Å². The van der Waals surface area contributed by atoms with E-state index in [1.807, 2.05) is 13.0 Å². The summed E-state index contributed by atoms with van der Waals surface area (Å²) in [4.78, 5) is 8.26. The molecule has 0 N–H and O–H groups in total. The van der Waals surface area contributed by atoms with Crippen LogP contribution in [0.5, 0.6) is 0 Å². The highest BCUT2D eigenvalue weighted by Crippen LogP contribution is 2.35. The second kappa shape index (κ2) is 6.54. The van der Waals surface area contributed by atoms with Crippen LogP contribution < -0.4 is 0 Å². The van der Waals surface area contributed by atoms with Gasteiger partial charge in [0, 0.05) is 12.6 Å². The number of benzene rings is 1. The van der Waals surface area contributed by atoms with Gasteiger partial charge in [0.2, 0.25) is 5.89 Å². The van der Waals surface area contributed by atoms with Gasteiger partial charge in [-0.2, -0.15) is 0 Å². The van der Waals surface area contributed by atoms with E-state index in [2.05, 4.69) is 47.7 Å². The lowest BCUT2D eigenvalue weighted by atomic mass is 9.87. The van der Waals surface area contributed by atoms with E-state index in [-0.39, 0.29) is 0 Å². The normalized spacial score (nSPS) is 17.2. The van der Waals surface area contributed by atoms with Crippen molar-refractivity contribution in [2.45, 2.75) is 38.8 Å². The summed E-state index contributed by atoms with van der Waals surface area (Å²) in [7, 11) is 2.20. The highest BCUT2D eigenvalue weighted by molar-refractivity contribution is 7.13. The average molecular weight is 338 g/mol. The minimum atomic E-state index is 0.469. The van der Waals surface area contributed by atoms with E-state index in [1.165, 1.54) is 30.4 Å². The van der Waals surface area contributed by atoms with Crippen LogP contribution in [0.3, 0.4) is 0 Å². The van der Waals surface area contributed by atoms with Crippen LogP contribution >= 0.6 is 11.3 Å². The third kappa shape index (κ3) is 2.92. The molecule has 0 fully saturated rings. The van der Waals surface area contributed by atoms with Crippen molar-refractivity contribution in [3.05, 3.63) is 64.4 Å². The standard InChI is InChI=1S/C20H22N2OS/c1-14-17(21-20(23-14)19-11-6-12-24-19)13-22(2)18-10-5-8-15-7-3-4-9-16(15)18/h3-4,6-7,9,11-12,18H,5,8,10,13H2,1-2H3. The zero-order valence-corrected chi connectivity index (χ0v) is 15.0. The molecule has 1 aliphatic rings. The number of aryl methyl sites for hydroxylation is 2. The summed E-state index contributed by atoms with van der Waals surface area (Å²) in [6.45, 7) is 2.84. The first kappa shape index (κ1) is 15.6. The van der Waals surface area contributed by atoms with Crippen LogP contribution in [0.4, 0.5) is 0 Å². The van der Waals surface area contributed by atoms with Gasteiger partial charge in [0.15, 0.2) is 0 Å². The van der Waals surface area contributed by atoms with Crippen LogP contribution in [-0.4, -0.2) is 16.9 Å². The van der Waals surface area contributed by atoms with Crippen molar-refractivity contribution < 1.29 is 4.42 Å². The second-order valence-electron chi connectivity index (χ2n) is 6.52. The van der Waals surface area contributed by atoms with Crippen LogP contribution in [0.25, 0.3) is 10.8 Å². The first-order valence-corrected chi connectivity index (χ1v) is 9.38. The fraction of sp³-hybridized carbons (Fsp3) is 0.350. The summed E-state index contributed by atoms with van der Waals surface area (Å²) >= 11 is 1.67. The molecule has 0 bridgehead atoms. The maximum Gasteiger partial charge on any atom is 0.236 e. The molecule has 1 atom stereocenters. The Kier molecular flexibility index (Phi) is 4.25. The summed E-state index contributed by atoms with van der Waals surface area (Å²) in [5.74, 6) is 1.67. The zero-order chi connectivity index (χ0) is 16.5. The van der Waals surface area contributed by atoms with Crippen molar-refractivity contribution in [1.82, 2.24) is 9.88 Å². The third-order valence-electron chi connectivity index (χ3n) is 4.89. The molecule has 4 rings (SSSR count). The molecule has 4 heteroatoms. The van der Waals surface area contributed by atoms with E-state index in [4.69, 9.17) is 9.40 Å². The third-order valence-corrected chi connectivity index (χ3v) is 5.75. The maximum atomic E-state index is 5.89. The highest BCUT2D eigenvalue weighted by Gasteiger charge is 2.25. The number of aromatic nitrogens is 1. The van der Waals surface area contributed by atoms with Gasteiger partial charge >= 0.3 is 0 Å². The van der Waals surface area contributed by atoms with Gasteiger partial charge in [-0.1, -0.05) is 30.3 Å². The minimum absolute atomic E-state index is 0.469. The van der Waals surface area contributed by atoms with Crippen molar-refractivity contribution in [1.29, 1.82) is 0 Å². The predicted molar refractivity (Wildman–Crippen MR) is 98.1 cm³/mol. The van der Waals surface area contributed by atoms with Gasteiger partial charge in [-0.25, -0.2) is 4.98 Å². The molecule has 2 heterocycles. The molecule has 1 aliphatic carbocycles. The summed E-state index contributed by atoms with van der Waals surface area (Å²) in [5.41, 5.74) is 4.02. The van der Waals surface area contributed by atoms with Gasteiger partial charge in [-0.05, 0) is 55.8 Å². The number of rotatable bonds is 4. The lowest BCUT2D eigenvalue weighted by molar-refractivity contribution is 0.210. The molecule has 0 amide bonds. The number of hydrogen-bond donors (Lipinski definition) is 0. The molecule has 0 radical (unpaired) electrons. The lowest BCUT2D eigenvalue weighted by Crippen LogP contribution is -2.27. The predicted octanol–water partition coefficient (Wildman–Crippen LogP) is 5.22. The summed E-state index contributed by atoms with van der Waals surface area (Å²) in [6, 6.07) is 13.4. The van der Waals surface area contributed by atoms with Crippen molar-refractivity contribution in [3.8, 4) is 10.8 Å². The first-order chi connectivity index (χ1) is 11.7. The van der Waals surface area contributed by atoms with Gasteiger partial charge in [0.1, 0.15) is 5.76 Å². The molecule has 3 nitrogen and oxygen atoms in total. The quantitative estimate of drug-likeness (QED) is 0.653. The zero-order valence-electron chi connectivity index (χ0n) is 14.2. The van der Waals surface area contributed by atoms with Crippen LogP contribution in [0.1, 0.15) is 41.5 Å². The Bertz CT molecular complexity index is 822. The smallest absolute Gasteiger partial charge is 0.236 e. The molecule has 24 heavy (non-hydrogen) atoms. The Morgan fingerprint density at radius 1 is 1.25 bits per heavy atom. The van der Waals surface area contributed by atoms with E-state index in [9.17, 15) is 0 Å². The Morgan fingerprint density at radius 2 is 2.12 bits per heavy atom. The Balaban J connectivity index is 1.56. The monoisotopic (exact) mass is 338 g/mol. The summed E-state index contributed by atoms with van der Waals surface area (Å²) in [5, 5.41) is 2.06. The Morgan fingerprint density at radius 3 is 2.96 bits per heavy atom. The lowest BCUT2D eigenvalue weighted by Gasteiger charge is -2.33. The van der Waals surface area contributed by atoms with E-state index < -0.39 is 0 Å². The molecule has 0 saturated heterocycles. The van der Waals surface area contributed by atoms with Crippen molar-refractivity contribution in [2.24, 2.45) is 0 Å². The van der Waals surface area contributed by atoms with Crippen LogP contribution in [0.2, 0.25) is 0 Å². The molecule has 3 aromatic rings. The number of oxazole rings is 1. The molecular formula is C20H22N2OS.